The van der Waals surface area contributed by atoms with Gasteiger partial charge in [-0.05, 0) is 48.9 Å². The van der Waals surface area contributed by atoms with Crippen LogP contribution in [0, 0.1) is 0 Å². The number of benzene rings is 1. The first-order valence-corrected chi connectivity index (χ1v) is 6.95. The number of hydrogen-bond acceptors (Lipinski definition) is 3. The van der Waals surface area contributed by atoms with Crippen LogP contribution >= 0.6 is 0 Å². The van der Waals surface area contributed by atoms with E-state index in [-0.39, 0.29) is 12.0 Å². The molecule has 0 aromatic heterocycles. The monoisotopic (exact) mass is 261 g/mol. The number of carbonyl (C=O) groups excluding carboxylic acids is 1. The molecule has 0 unspecified atom stereocenters. The minimum absolute atomic E-state index is 0.0686. The quantitative estimate of drug-likeness (QED) is 0.848. The molecule has 2 aliphatic rings. The maximum atomic E-state index is 11.5. The van der Waals surface area contributed by atoms with Crippen molar-refractivity contribution in [1.29, 1.82) is 0 Å². The highest BCUT2D eigenvalue weighted by atomic mass is 16.5. The molecule has 3 rings (SSSR count). The SMILES string of the molecule is O=C(CCOc1ccc2c(c1)CC[C@@H]2O)NC1CC1. The zero-order chi connectivity index (χ0) is 13.2. The summed E-state index contributed by atoms with van der Waals surface area (Å²) in [5, 5.41) is 12.7. The van der Waals surface area contributed by atoms with Crippen LogP contribution in [0.1, 0.15) is 42.9 Å². The summed E-state index contributed by atoms with van der Waals surface area (Å²) in [5.41, 5.74) is 2.17. The van der Waals surface area contributed by atoms with Gasteiger partial charge >= 0.3 is 0 Å². The third-order valence-corrected chi connectivity index (χ3v) is 3.70. The number of carbonyl (C=O) groups is 1. The number of ether oxygens (including phenoxy) is 1. The molecule has 102 valence electrons. The van der Waals surface area contributed by atoms with Crippen molar-refractivity contribution in [3.63, 3.8) is 0 Å². The minimum Gasteiger partial charge on any atom is -0.493 e. The van der Waals surface area contributed by atoms with E-state index < -0.39 is 0 Å². The van der Waals surface area contributed by atoms with E-state index >= 15 is 0 Å². The molecule has 1 amide bonds. The lowest BCUT2D eigenvalue weighted by molar-refractivity contribution is -0.121. The van der Waals surface area contributed by atoms with Crippen LogP contribution in [0.3, 0.4) is 0 Å². The summed E-state index contributed by atoms with van der Waals surface area (Å²) in [5.74, 6) is 0.853. The Labute approximate surface area is 112 Å². The molecule has 0 radical (unpaired) electrons. The average molecular weight is 261 g/mol. The number of hydrogen-bond donors (Lipinski definition) is 2. The molecule has 0 spiro atoms. The molecule has 0 bridgehead atoms. The molecule has 0 aliphatic heterocycles. The number of aryl methyl sites for hydroxylation is 1. The molecule has 0 heterocycles. The Morgan fingerprint density at radius 1 is 1.37 bits per heavy atom. The Balaban J connectivity index is 1.48. The van der Waals surface area contributed by atoms with Gasteiger partial charge in [-0.25, -0.2) is 0 Å². The molecule has 19 heavy (non-hydrogen) atoms. The Morgan fingerprint density at radius 2 is 2.21 bits per heavy atom. The van der Waals surface area contributed by atoms with Gasteiger partial charge < -0.3 is 15.2 Å². The van der Waals surface area contributed by atoms with Crippen molar-refractivity contribution in [2.24, 2.45) is 0 Å². The van der Waals surface area contributed by atoms with E-state index in [4.69, 9.17) is 4.74 Å². The van der Waals surface area contributed by atoms with Crippen molar-refractivity contribution in [1.82, 2.24) is 5.32 Å². The fraction of sp³-hybridized carbons (Fsp3) is 0.533. The second-order valence-electron chi connectivity index (χ2n) is 5.36. The lowest BCUT2D eigenvalue weighted by Crippen LogP contribution is -2.26. The van der Waals surface area contributed by atoms with Crippen molar-refractivity contribution in [3.8, 4) is 5.75 Å². The number of nitrogens with one attached hydrogen (secondary N) is 1. The van der Waals surface area contributed by atoms with Crippen LogP contribution in [-0.2, 0) is 11.2 Å². The maximum Gasteiger partial charge on any atom is 0.223 e. The van der Waals surface area contributed by atoms with Crippen molar-refractivity contribution < 1.29 is 14.6 Å². The van der Waals surface area contributed by atoms with Crippen LogP contribution in [0.15, 0.2) is 18.2 Å². The lowest BCUT2D eigenvalue weighted by Gasteiger charge is -2.09. The topological polar surface area (TPSA) is 58.6 Å². The van der Waals surface area contributed by atoms with E-state index in [2.05, 4.69) is 5.32 Å². The van der Waals surface area contributed by atoms with E-state index in [1.807, 2.05) is 18.2 Å². The summed E-state index contributed by atoms with van der Waals surface area (Å²) in [4.78, 5) is 11.5. The maximum absolute atomic E-state index is 11.5. The third-order valence-electron chi connectivity index (χ3n) is 3.70. The van der Waals surface area contributed by atoms with Crippen molar-refractivity contribution >= 4 is 5.91 Å². The zero-order valence-electron chi connectivity index (χ0n) is 10.9. The molecule has 1 saturated carbocycles. The first kappa shape index (κ1) is 12.5. The fourth-order valence-corrected chi connectivity index (χ4v) is 2.45. The molecule has 2 N–H and O–H groups in total. The van der Waals surface area contributed by atoms with E-state index in [1.54, 1.807) is 0 Å². The number of aliphatic hydroxyl groups excluding tert-OH is 1. The summed E-state index contributed by atoms with van der Waals surface area (Å²) in [6.07, 6.45) is 3.99. The first-order chi connectivity index (χ1) is 9.22. The predicted octanol–water partition coefficient (Wildman–Crippen LogP) is 1.71. The molecule has 2 aliphatic carbocycles. The summed E-state index contributed by atoms with van der Waals surface area (Å²) in [7, 11) is 0. The first-order valence-electron chi connectivity index (χ1n) is 6.95. The summed E-state index contributed by atoms with van der Waals surface area (Å²) in [6.45, 7) is 0.403. The van der Waals surface area contributed by atoms with E-state index in [0.717, 1.165) is 42.6 Å². The Bertz CT molecular complexity index is 482. The van der Waals surface area contributed by atoms with Gasteiger partial charge in [0.25, 0.3) is 0 Å². The molecule has 1 aromatic rings. The highest BCUT2D eigenvalue weighted by Crippen LogP contribution is 2.33. The fourth-order valence-electron chi connectivity index (χ4n) is 2.45. The standard InChI is InChI=1S/C15H19NO3/c17-14-6-1-10-9-12(4-5-13(10)14)19-8-7-15(18)16-11-2-3-11/h4-5,9,11,14,17H,1-3,6-8H2,(H,16,18)/t14-/m0/s1. The number of aliphatic hydroxyl groups is 1. The van der Waals surface area contributed by atoms with Crippen LogP contribution in [0.25, 0.3) is 0 Å². The van der Waals surface area contributed by atoms with Gasteiger partial charge in [0.2, 0.25) is 5.91 Å². The van der Waals surface area contributed by atoms with E-state index in [9.17, 15) is 9.90 Å². The molecule has 4 heteroatoms. The predicted molar refractivity (Wildman–Crippen MR) is 71.0 cm³/mol. The molecule has 1 aromatic carbocycles. The van der Waals surface area contributed by atoms with Crippen LogP contribution in [0.4, 0.5) is 0 Å². The Hall–Kier alpha value is -1.55. The van der Waals surface area contributed by atoms with Gasteiger partial charge in [0, 0.05) is 6.04 Å². The Morgan fingerprint density at radius 3 is 3.00 bits per heavy atom. The summed E-state index contributed by atoms with van der Waals surface area (Å²) in [6, 6.07) is 6.18. The summed E-state index contributed by atoms with van der Waals surface area (Å²) >= 11 is 0. The Kier molecular flexibility index (Phi) is 3.42. The lowest BCUT2D eigenvalue weighted by atomic mass is 10.1. The minimum atomic E-state index is -0.326. The van der Waals surface area contributed by atoms with Gasteiger partial charge in [-0.15, -0.1) is 0 Å². The van der Waals surface area contributed by atoms with Crippen LogP contribution in [-0.4, -0.2) is 23.7 Å². The van der Waals surface area contributed by atoms with Gasteiger partial charge in [0.15, 0.2) is 0 Å². The smallest absolute Gasteiger partial charge is 0.223 e. The zero-order valence-corrected chi connectivity index (χ0v) is 10.9. The number of fused-ring (bicyclic) bond motifs is 1. The van der Waals surface area contributed by atoms with Gasteiger partial charge in [-0.2, -0.15) is 0 Å². The highest BCUT2D eigenvalue weighted by molar-refractivity contribution is 5.76. The van der Waals surface area contributed by atoms with Crippen LogP contribution in [0.5, 0.6) is 5.75 Å². The van der Waals surface area contributed by atoms with Gasteiger partial charge in [0.05, 0.1) is 19.1 Å². The molecule has 0 saturated heterocycles. The molecule has 1 fully saturated rings. The van der Waals surface area contributed by atoms with Gasteiger partial charge in [-0.1, -0.05) is 6.07 Å². The molecule has 4 nitrogen and oxygen atoms in total. The van der Waals surface area contributed by atoms with Crippen molar-refractivity contribution in [2.45, 2.75) is 44.2 Å². The highest BCUT2D eigenvalue weighted by Gasteiger charge is 2.23. The summed E-state index contributed by atoms with van der Waals surface area (Å²) < 4.78 is 5.60. The van der Waals surface area contributed by atoms with Crippen LogP contribution in [0.2, 0.25) is 0 Å². The van der Waals surface area contributed by atoms with Crippen LogP contribution < -0.4 is 10.1 Å². The molecular weight excluding hydrogens is 242 g/mol. The van der Waals surface area contributed by atoms with Crippen molar-refractivity contribution in [2.75, 3.05) is 6.61 Å². The van der Waals surface area contributed by atoms with Gasteiger partial charge in [0.1, 0.15) is 5.75 Å². The number of rotatable bonds is 5. The van der Waals surface area contributed by atoms with Gasteiger partial charge in [-0.3, -0.25) is 4.79 Å². The van der Waals surface area contributed by atoms with E-state index in [1.165, 1.54) is 0 Å². The normalized spacial score (nSPS) is 21.0. The molecular formula is C15H19NO3. The second-order valence-corrected chi connectivity index (χ2v) is 5.36. The average Bonchev–Trinajstić information content (AvgIpc) is 3.13. The second kappa shape index (κ2) is 5.21. The van der Waals surface area contributed by atoms with E-state index in [0.29, 0.717) is 19.1 Å². The van der Waals surface area contributed by atoms with Crippen molar-refractivity contribution in [3.05, 3.63) is 29.3 Å². The number of amides is 1. The largest absolute Gasteiger partial charge is 0.493 e. The molecule has 1 atom stereocenters. The third kappa shape index (κ3) is 3.07.